The quantitative estimate of drug-likeness (QED) is 0.383. The van der Waals surface area contributed by atoms with Gasteiger partial charge in [-0.05, 0) is 0 Å². The van der Waals surface area contributed by atoms with E-state index in [0.717, 1.165) is 0 Å². The van der Waals surface area contributed by atoms with E-state index in [1.807, 2.05) is 0 Å². The van der Waals surface area contributed by atoms with E-state index in [2.05, 4.69) is 0 Å². The Kier molecular flexibility index (Phi) is 101. The first-order valence-electron chi connectivity index (χ1n) is 0.289. The van der Waals surface area contributed by atoms with Gasteiger partial charge in [0.05, 0.1) is 0 Å². The third kappa shape index (κ3) is 9.47. The summed E-state index contributed by atoms with van der Waals surface area (Å²) in [4.78, 5) is 0. The van der Waals surface area contributed by atoms with Gasteiger partial charge in [0.1, 0.15) is 0 Å². The van der Waals surface area contributed by atoms with Crippen LogP contribution in [0.15, 0.2) is 0 Å². The van der Waals surface area contributed by atoms with Crippen LogP contribution in [0.3, 0.4) is 0 Å². The average Bonchev–Trinajstić information content (AvgIpc) is 1.00. The molecule has 0 aromatic carbocycles. The predicted octanol–water partition coefficient (Wildman–Crippen LogP) is -0.926. The van der Waals surface area contributed by atoms with Gasteiger partial charge in [0.2, 0.25) is 0 Å². The molecule has 0 aliphatic rings. The molecule has 0 aliphatic carbocycles. The molecule has 0 bridgehead atoms. The summed E-state index contributed by atoms with van der Waals surface area (Å²) in [5.74, 6) is 0. The van der Waals surface area contributed by atoms with E-state index >= 15 is 0 Å². The predicted molar refractivity (Wildman–Crippen MR) is 15.8 cm³/mol. The van der Waals surface area contributed by atoms with Crippen LogP contribution in [0.5, 0.6) is 0 Å². The summed E-state index contributed by atoms with van der Waals surface area (Å²) in [6.07, 6.45) is 0. The van der Waals surface area contributed by atoms with E-state index in [1.54, 1.807) is 0 Å². The van der Waals surface area contributed by atoms with Crippen LogP contribution in [0, 0.1) is 0 Å². The molecular weight excluding hydrogens is 123 g/mol. The zero-order valence-corrected chi connectivity index (χ0v) is 6.11. The fourth-order valence-corrected chi connectivity index (χ4v) is 0. The van der Waals surface area contributed by atoms with E-state index in [-0.39, 0.29) is 43.0 Å². The maximum absolute atomic E-state index is 8.28. The molecule has 0 atom stereocenters. The molecule has 0 N–H and O–H groups in total. The first-order valence-corrected chi connectivity index (χ1v) is 0.866. The molecule has 0 spiro atoms. The van der Waals surface area contributed by atoms with Crippen LogP contribution in [0.2, 0.25) is 0 Å². The second-order valence-electron chi connectivity index (χ2n) is 0. The summed E-state index contributed by atoms with van der Waals surface area (Å²) in [5, 5.41) is 0. The van der Waals surface area contributed by atoms with Gasteiger partial charge in [-0.2, -0.15) is 0 Å². The van der Waals surface area contributed by atoms with E-state index in [9.17, 15) is 0 Å². The number of hydrogen-bond donors (Lipinski definition) is 0. The van der Waals surface area contributed by atoms with Crippen LogP contribution in [0.25, 0.3) is 0 Å². The summed E-state index contributed by atoms with van der Waals surface area (Å²) >= 11 is 0.611. The molecule has 0 saturated carbocycles. The standard InChI is InChI=1S/Al.Fe.Mg.O.3H/q;;+2;;;2*-1. The van der Waals surface area contributed by atoms with Gasteiger partial charge in [-0.25, -0.2) is 0 Å². The third-order valence-corrected chi connectivity index (χ3v) is 0. The van der Waals surface area contributed by atoms with Crippen molar-refractivity contribution in [3.8, 4) is 0 Å². The van der Waals surface area contributed by atoms with Crippen molar-refractivity contribution >= 4 is 39.3 Å². The molecule has 0 radical (unpaired) electrons. The molecule has 0 aromatic rings. The van der Waals surface area contributed by atoms with Crippen molar-refractivity contribution in [2.75, 3.05) is 0 Å². The molecule has 0 aromatic heterocycles. The maximum atomic E-state index is 8.28. The van der Waals surface area contributed by atoms with Crippen LogP contribution >= 0.6 is 0 Å². The molecule has 0 aliphatic heterocycles. The van der Waals surface area contributed by atoms with Crippen molar-refractivity contribution in [2.45, 2.75) is 0 Å². The molecule has 0 unspecified atom stereocenters. The van der Waals surface area contributed by atoms with Gasteiger partial charge in [0.15, 0.2) is 0 Å². The second-order valence-corrected chi connectivity index (χ2v) is 0. The zero-order valence-electron chi connectivity index (χ0n) is 4.18. The summed E-state index contributed by atoms with van der Waals surface area (Å²) < 4.78 is 8.28. The third-order valence-electron chi connectivity index (χ3n) is 0. The Morgan fingerprint density at radius 3 is 1.50 bits per heavy atom. The van der Waals surface area contributed by atoms with Crippen LogP contribution < -0.4 is 0 Å². The summed E-state index contributed by atoms with van der Waals surface area (Å²) in [7, 11) is 0. The Hall–Kier alpha value is 1.62. The molecule has 0 rings (SSSR count). The monoisotopic (exact) mass is 126 g/mol. The normalized spacial score (nSPS) is 0.750. The van der Waals surface area contributed by atoms with Crippen molar-refractivity contribution in [2.24, 2.45) is 0 Å². The van der Waals surface area contributed by atoms with Crippen molar-refractivity contribution in [1.29, 1.82) is 0 Å². The Balaban J connectivity index is -0.000000000833. The molecule has 0 saturated heterocycles. The van der Waals surface area contributed by atoms with Crippen molar-refractivity contribution < 1.29 is 23.7 Å². The topological polar surface area (TPSA) is 17.1 Å². The fourth-order valence-electron chi connectivity index (χ4n) is 0. The van der Waals surface area contributed by atoms with E-state index in [4.69, 9.17) is 3.80 Å². The molecule has 4 heavy (non-hydrogen) atoms. The summed E-state index contributed by atoms with van der Waals surface area (Å²) in [5.41, 5.74) is 0. The van der Waals surface area contributed by atoms with Crippen LogP contribution in [0.4, 0.5) is 0 Å². The first kappa shape index (κ1) is 17.5. The SMILES string of the molecule is [Fe].[H-].[H-].[Mg+2].[O]=[AlH]. The Labute approximate surface area is 62.7 Å². The van der Waals surface area contributed by atoms with Crippen LogP contribution in [-0.4, -0.2) is 39.3 Å². The average molecular weight is 126 g/mol. The zero-order chi connectivity index (χ0) is 2.00. The molecule has 22 valence electrons. The van der Waals surface area contributed by atoms with Crippen molar-refractivity contribution in [3.63, 3.8) is 0 Å². The van der Waals surface area contributed by atoms with Gasteiger partial charge in [0.25, 0.3) is 0 Å². The molecule has 4 heteroatoms. The minimum atomic E-state index is 0. The van der Waals surface area contributed by atoms with Gasteiger partial charge in [-0.3, -0.25) is 0 Å². The Bertz CT molecular complexity index is 13.5. The van der Waals surface area contributed by atoms with Gasteiger partial charge in [-0.1, -0.05) is 0 Å². The van der Waals surface area contributed by atoms with Gasteiger partial charge < -0.3 is 2.85 Å². The molecule has 0 heterocycles. The molecule has 1 nitrogen and oxygen atoms in total. The van der Waals surface area contributed by atoms with Crippen molar-refractivity contribution in [3.05, 3.63) is 0 Å². The van der Waals surface area contributed by atoms with Crippen molar-refractivity contribution in [1.82, 2.24) is 0 Å². The fraction of sp³-hybridized carbons (Fsp3) is 0. The minimum absolute atomic E-state index is 0. The van der Waals surface area contributed by atoms with Crippen LogP contribution in [0.1, 0.15) is 2.85 Å². The van der Waals surface area contributed by atoms with Gasteiger partial charge >= 0.3 is 43.1 Å². The summed E-state index contributed by atoms with van der Waals surface area (Å²) in [6.45, 7) is 0. The Morgan fingerprint density at radius 2 is 1.50 bits per heavy atom. The van der Waals surface area contributed by atoms with Gasteiger partial charge in [-0.15, -0.1) is 0 Å². The second kappa shape index (κ2) is 23.1. The number of hydrogen-bond acceptors (Lipinski definition) is 1. The number of rotatable bonds is 0. The summed E-state index contributed by atoms with van der Waals surface area (Å²) in [6, 6.07) is 0. The van der Waals surface area contributed by atoms with E-state index in [1.165, 1.54) is 0 Å². The van der Waals surface area contributed by atoms with Gasteiger partial charge in [0, 0.05) is 17.1 Å². The molecule has 0 amide bonds. The molecule has 0 fully saturated rings. The first-order chi connectivity index (χ1) is 1.00. The van der Waals surface area contributed by atoms with E-state index < -0.39 is 0 Å². The Morgan fingerprint density at radius 1 is 1.50 bits per heavy atom. The van der Waals surface area contributed by atoms with Crippen LogP contribution in [-0.2, 0) is 20.9 Å². The molecular formula is H3AlFeMgO. The van der Waals surface area contributed by atoms with E-state index in [0.29, 0.717) is 16.2 Å².